The molecule has 2 N–H and O–H groups in total. The summed E-state index contributed by atoms with van der Waals surface area (Å²) < 4.78 is 39.2. The predicted molar refractivity (Wildman–Crippen MR) is 62.3 cm³/mol. The van der Waals surface area contributed by atoms with Gasteiger partial charge in [-0.05, 0) is 26.0 Å². The number of nitrogens with zero attached hydrogens (tertiary/aromatic N) is 1. The van der Waals surface area contributed by atoms with E-state index in [-0.39, 0.29) is 5.56 Å². The Morgan fingerprint density at radius 1 is 1.21 bits per heavy atom. The van der Waals surface area contributed by atoms with E-state index in [9.17, 15) is 18.0 Å². The summed E-state index contributed by atoms with van der Waals surface area (Å²) >= 11 is 0. The molecule has 0 saturated carbocycles. The maximum atomic E-state index is 13.4. The molecular weight excluding hydrogens is 259 g/mol. The van der Waals surface area contributed by atoms with Crippen LogP contribution < -0.4 is 5.32 Å². The summed E-state index contributed by atoms with van der Waals surface area (Å²) in [7, 11) is 0. The lowest BCUT2D eigenvalue weighted by Gasteiger charge is -2.07. The minimum atomic E-state index is -1.63. The highest BCUT2D eigenvalue weighted by molar-refractivity contribution is 6.05. The molecule has 0 bridgehead atoms. The molecule has 0 aliphatic rings. The largest absolute Gasteiger partial charge is 0.319 e. The number of nitrogens with one attached hydrogen (secondary N) is 2. The third-order valence-electron chi connectivity index (χ3n) is 2.64. The molecule has 1 heterocycles. The lowest BCUT2D eigenvalue weighted by Crippen LogP contribution is -2.15. The molecule has 1 aromatic carbocycles. The Labute approximate surface area is 106 Å². The van der Waals surface area contributed by atoms with Crippen LogP contribution in [-0.4, -0.2) is 16.1 Å². The summed E-state index contributed by atoms with van der Waals surface area (Å²) in [6.07, 6.45) is 0. The van der Waals surface area contributed by atoms with Crippen molar-refractivity contribution in [1.82, 2.24) is 10.2 Å². The van der Waals surface area contributed by atoms with Crippen molar-refractivity contribution in [1.29, 1.82) is 0 Å². The number of amides is 1. The van der Waals surface area contributed by atoms with Gasteiger partial charge in [-0.25, -0.2) is 13.2 Å². The van der Waals surface area contributed by atoms with Crippen LogP contribution in [0, 0.1) is 31.3 Å². The maximum absolute atomic E-state index is 13.4. The third-order valence-corrected chi connectivity index (χ3v) is 2.64. The molecule has 1 amide bonds. The van der Waals surface area contributed by atoms with E-state index in [1.54, 1.807) is 13.8 Å². The molecule has 100 valence electrons. The van der Waals surface area contributed by atoms with Crippen molar-refractivity contribution in [2.75, 3.05) is 5.32 Å². The van der Waals surface area contributed by atoms with Crippen LogP contribution in [0.3, 0.4) is 0 Å². The second-order valence-corrected chi connectivity index (χ2v) is 3.99. The average molecular weight is 269 g/mol. The molecule has 0 fully saturated rings. The van der Waals surface area contributed by atoms with Gasteiger partial charge in [0, 0.05) is 5.69 Å². The van der Waals surface area contributed by atoms with Crippen molar-refractivity contribution in [3.05, 3.63) is 46.5 Å². The molecule has 0 spiro atoms. The molecule has 19 heavy (non-hydrogen) atoms. The first-order valence-corrected chi connectivity index (χ1v) is 5.38. The van der Waals surface area contributed by atoms with Gasteiger partial charge in [0.1, 0.15) is 0 Å². The maximum Gasteiger partial charge on any atom is 0.259 e. The molecule has 0 radical (unpaired) electrons. The first-order valence-electron chi connectivity index (χ1n) is 5.38. The molecule has 1 aromatic heterocycles. The number of carbonyl (C=O) groups excluding carboxylic acids is 1. The van der Waals surface area contributed by atoms with Gasteiger partial charge in [-0.3, -0.25) is 9.89 Å². The second-order valence-electron chi connectivity index (χ2n) is 3.99. The highest BCUT2D eigenvalue weighted by Gasteiger charge is 2.19. The summed E-state index contributed by atoms with van der Waals surface area (Å²) in [4.78, 5) is 11.9. The fraction of sp³-hybridized carbons (Fsp3) is 0.167. The van der Waals surface area contributed by atoms with Gasteiger partial charge >= 0.3 is 0 Å². The number of hydrogen-bond acceptors (Lipinski definition) is 2. The molecule has 4 nitrogen and oxygen atoms in total. The number of aromatic nitrogens is 2. The summed E-state index contributed by atoms with van der Waals surface area (Å²) in [6, 6.07) is 1.69. The highest BCUT2D eigenvalue weighted by Crippen LogP contribution is 2.21. The van der Waals surface area contributed by atoms with Crippen LogP contribution >= 0.6 is 0 Å². The number of aryl methyl sites for hydroxylation is 2. The first-order chi connectivity index (χ1) is 8.91. The van der Waals surface area contributed by atoms with E-state index in [0.717, 1.165) is 12.1 Å². The monoisotopic (exact) mass is 269 g/mol. The summed E-state index contributed by atoms with van der Waals surface area (Å²) in [5, 5.41) is 8.60. The van der Waals surface area contributed by atoms with Gasteiger partial charge in [0.05, 0.1) is 16.9 Å². The van der Waals surface area contributed by atoms with E-state index >= 15 is 0 Å². The minimum absolute atomic E-state index is 0.240. The number of anilines is 1. The van der Waals surface area contributed by atoms with Crippen LogP contribution in [0.2, 0.25) is 0 Å². The average Bonchev–Trinajstić information content (AvgIpc) is 2.70. The smallest absolute Gasteiger partial charge is 0.259 e. The van der Waals surface area contributed by atoms with Crippen molar-refractivity contribution in [3.63, 3.8) is 0 Å². The van der Waals surface area contributed by atoms with Crippen molar-refractivity contribution >= 4 is 11.6 Å². The summed E-state index contributed by atoms with van der Waals surface area (Å²) in [6.45, 7) is 3.22. The van der Waals surface area contributed by atoms with Gasteiger partial charge in [-0.15, -0.1) is 0 Å². The normalized spacial score (nSPS) is 10.6. The quantitative estimate of drug-likeness (QED) is 0.823. The molecule has 7 heteroatoms. The number of hydrogen-bond donors (Lipinski definition) is 2. The van der Waals surface area contributed by atoms with E-state index in [0.29, 0.717) is 11.4 Å². The molecule has 0 unspecified atom stereocenters. The van der Waals surface area contributed by atoms with Crippen LogP contribution in [0.1, 0.15) is 21.7 Å². The zero-order valence-corrected chi connectivity index (χ0v) is 10.1. The van der Waals surface area contributed by atoms with E-state index in [2.05, 4.69) is 15.5 Å². The van der Waals surface area contributed by atoms with Gasteiger partial charge in [-0.1, -0.05) is 0 Å². The van der Waals surface area contributed by atoms with Crippen molar-refractivity contribution < 1.29 is 18.0 Å². The van der Waals surface area contributed by atoms with E-state index < -0.39 is 29.0 Å². The van der Waals surface area contributed by atoms with Crippen LogP contribution in [-0.2, 0) is 0 Å². The second kappa shape index (κ2) is 4.75. The van der Waals surface area contributed by atoms with Crippen LogP contribution in [0.25, 0.3) is 0 Å². The Morgan fingerprint density at radius 2 is 1.89 bits per heavy atom. The van der Waals surface area contributed by atoms with E-state index in [1.807, 2.05) is 0 Å². The van der Waals surface area contributed by atoms with E-state index in [1.165, 1.54) is 0 Å². The third kappa shape index (κ3) is 2.31. The summed E-state index contributed by atoms with van der Waals surface area (Å²) in [5.41, 5.74) is 0.740. The number of benzene rings is 1. The fourth-order valence-corrected chi connectivity index (χ4v) is 1.69. The SMILES string of the molecule is Cc1n[nH]c(C)c1C(=O)Nc1ccc(F)c(F)c1F. The van der Waals surface area contributed by atoms with Crippen molar-refractivity contribution in [3.8, 4) is 0 Å². The predicted octanol–water partition coefficient (Wildman–Crippen LogP) is 2.70. The van der Waals surface area contributed by atoms with Gasteiger partial charge in [-0.2, -0.15) is 5.10 Å². The number of rotatable bonds is 2. The topological polar surface area (TPSA) is 57.8 Å². The molecule has 2 aromatic rings. The van der Waals surface area contributed by atoms with Gasteiger partial charge < -0.3 is 5.32 Å². The molecular formula is C12H10F3N3O. The minimum Gasteiger partial charge on any atom is -0.319 e. The number of carbonyl (C=O) groups is 1. The first kappa shape index (κ1) is 13.1. The standard InChI is InChI=1S/C12H10F3N3O/c1-5-9(6(2)18-17-5)12(19)16-8-4-3-7(13)10(14)11(8)15/h3-4H,1-2H3,(H,16,19)(H,17,18). The van der Waals surface area contributed by atoms with Gasteiger partial charge in [0.15, 0.2) is 17.5 Å². The molecule has 0 atom stereocenters. The zero-order valence-electron chi connectivity index (χ0n) is 10.1. The lowest BCUT2D eigenvalue weighted by molar-refractivity contribution is 0.102. The van der Waals surface area contributed by atoms with Crippen molar-refractivity contribution in [2.45, 2.75) is 13.8 Å². The Hall–Kier alpha value is -2.31. The highest BCUT2D eigenvalue weighted by atomic mass is 19.2. The summed E-state index contributed by atoms with van der Waals surface area (Å²) in [5.74, 6) is -5.02. The van der Waals surface area contributed by atoms with Crippen molar-refractivity contribution in [2.24, 2.45) is 0 Å². The molecule has 0 aliphatic heterocycles. The van der Waals surface area contributed by atoms with E-state index in [4.69, 9.17) is 0 Å². The Morgan fingerprint density at radius 3 is 2.47 bits per heavy atom. The zero-order chi connectivity index (χ0) is 14.2. The molecule has 0 saturated heterocycles. The number of halogens is 3. The number of aromatic amines is 1. The lowest BCUT2D eigenvalue weighted by atomic mass is 10.2. The Balaban J connectivity index is 2.32. The fourth-order valence-electron chi connectivity index (χ4n) is 1.69. The Kier molecular flexibility index (Phi) is 3.28. The van der Waals surface area contributed by atoms with Gasteiger partial charge in [0.25, 0.3) is 5.91 Å². The number of H-pyrrole nitrogens is 1. The molecule has 2 rings (SSSR count). The Bertz CT molecular complexity index is 632. The van der Waals surface area contributed by atoms with Crippen LogP contribution in [0.15, 0.2) is 12.1 Å². The van der Waals surface area contributed by atoms with Crippen LogP contribution in [0.4, 0.5) is 18.9 Å². The van der Waals surface area contributed by atoms with Crippen LogP contribution in [0.5, 0.6) is 0 Å². The van der Waals surface area contributed by atoms with Gasteiger partial charge in [0.2, 0.25) is 0 Å². The molecule has 0 aliphatic carbocycles.